The van der Waals surface area contributed by atoms with E-state index in [-0.39, 0.29) is 5.82 Å². The summed E-state index contributed by atoms with van der Waals surface area (Å²) in [6, 6.07) is 5.72. The summed E-state index contributed by atoms with van der Waals surface area (Å²) in [5, 5.41) is 4.55. The zero-order chi connectivity index (χ0) is 13.8. The van der Waals surface area contributed by atoms with E-state index in [2.05, 4.69) is 5.10 Å². The van der Waals surface area contributed by atoms with E-state index in [4.69, 9.17) is 22.1 Å². The summed E-state index contributed by atoms with van der Waals surface area (Å²) in [5.74, 6) is -0.356. The molecule has 0 bridgehead atoms. The lowest BCUT2D eigenvalue weighted by molar-refractivity contribution is 0.182. The monoisotopic (exact) mass is 283 g/mol. The maximum absolute atomic E-state index is 13.8. The van der Waals surface area contributed by atoms with Crippen LogP contribution < -0.4 is 5.73 Å². The van der Waals surface area contributed by atoms with E-state index in [9.17, 15) is 4.39 Å². The molecule has 1 heterocycles. The number of hydrogen-bond acceptors (Lipinski definition) is 3. The Morgan fingerprint density at radius 2 is 2.21 bits per heavy atom. The van der Waals surface area contributed by atoms with Gasteiger partial charge in [0.05, 0.1) is 36.1 Å². The van der Waals surface area contributed by atoms with Gasteiger partial charge < -0.3 is 10.5 Å². The van der Waals surface area contributed by atoms with Crippen LogP contribution in [0.2, 0.25) is 5.02 Å². The van der Waals surface area contributed by atoms with Crippen LogP contribution in [0, 0.1) is 5.82 Å². The van der Waals surface area contributed by atoms with Crippen LogP contribution >= 0.6 is 11.6 Å². The van der Waals surface area contributed by atoms with E-state index < -0.39 is 6.04 Å². The van der Waals surface area contributed by atoms with Gasteiger partial charge in [-0.05, 0) is 6.07 Å². The summed E-state index contributed by atoms with van der Waals surface area (Å²) in [4.78, 5) is 0. The van der Waals surface area contributed by atoms with E-state index in [0.717, 1.165) is 0 Å². The van der Waals surface area contributed by atoms with Crippen LogP contribution in [0.1, 0.15) is 17.3 Å². The SMILES string of the molecule is COCCn1ncc(Cl)c1C(N)c1ccccc1F. The molecule has 4 nitrogen and oxygen atoms in total. The average Bonchev–Trinajstić information content (AvgIpc) is 2.77. The summed E-state index contributed by atoms with van der Waals surface area (Å²) in [6.07, 6.45) is 1.51. The highest BCUT2D eigenvalue weighted by molar-refractivity contribution is 6.31. The number of ether oxygens (including phenoxy) is 1. The first kappa shape index (κ1) is 14.0. The van der Waals surface area contributed by atoms with Gasteiger partial charge in [0.1, 0.15) is 5.82 Å². The number of rotatable bonds is 5. The molecule has 0 fully saturated rings. The molecule has 1 aromatic heterocycles. The third-order valence-corrected chi connectivity index (χ3v) is 3.17. The van der Waals surface area contributed by atoms with Gasteiger partial charge in [0, 0.05) is 12.7 Å². The number of nitrogens with two attached hydrogens (primary N) is 1. The fourth-order valence-electron chi connectivity index (χ4n) is 1.91. The van der Waals surface area contributed by atoms with Crippen LogP contribution in [0.4, 0.5) is 4.39 Å². The van der Waals surface area contributed by atoms with Crippen molar-refractivity contribution in [3.63, 3.8) is 0 Å². The molecule has 2 rings (SSSR count). The van der Waals surface area contributed by atoms with Gasteiger partial charge in [-0.1, -0.05) is 29.8 Å². The number of aromatic nitrogens is 2. The Kier molecular flexibility index (Phi) is 4.52. The molecule has 6 heteroatoms. The van der Waals surface area contributed by atoms with Crippen molar-refractivity contribution in [1.29, 1.82) is 0 Å². The van der Waals surface area contributed by atoms with E-state index >= 15 is 0 Å². The molecule has 0 aliphatic heterocycles. The van der Waals surface area contributed by atoms with Gasteiger partial charge in [-0.2, -0.15) is 5.10 Å². The third-order valence-electron chi connectivity index (χ3n) is 2.88. The van der Waals surface area contributed by atoms with Crippen molar-refractivity contribution in [2.24, 2.45) is 5.73 Å². The van der Waals surface area contributed by atoms with Crippen LogP contribution in [0.25, 0.3) is 0 Å². The number of nitrogens with zero attached hydrogens (tertiary/aromatic N) is 2. The topological polar surface area (TPSA) is 53.1 Å². The van der Waals surface area contributed by atoms with Gasteiger partial charge >= 0.3 is 0 Å². The first-order valence-electron chi connectivity index (χ1n) is 5.85. The number of halogens is 2. The van der Waals surface area contributed by atoms with Gasteiger partial charge in [-0.3, -0.25) is 4.68 Å². The quantitative estimate of drug-likeness (QED) is 0.916. The third kappa shape index (κ3) is 2.94. The molecule has 0 radical (unpaired) electrons. The van der Waals surface area contributed by atoms with Crippen molar-refractivity contribution in [2.75, 3.05) is 13.7 Å². The zero-order valence-corrected chi connectivity index (χ0v) is 11.3. The Balaban J connectivity index is 2.35. The van der Waals surface area contributed by atoms with Crippen molar-refractivity contribution < 1.29 is 9.13 Å². The van der Waals surface area contributed by atoms with E-state index in [1.807, 2.05) is 0 Å². The van der Waals surface area contributed by atoms with E-state index in [1.54, 1.807) is 30.0 Å². The minimum Gasteiger partial charge on any atom is -0.383 e. The molecule has 0 aliphatic rings. The van der Waals surface area contributed by atoms with Gasteiger partial charge in [0.15, 0.2) is 0 Å². The van der Waals surface area contributed by atoms with E-state index in [1.165, 1.54) is 12.3 Å². The summed E-state index contributed by atoms with van der Waals surface area (Å²) in [7, 11) is 1.60. The zero-order valence-electron chi connectivity index (χ0n) is 10.5. The van der Waals surface area contributed by atoms with Crippen molar-refractivity contribution in [3.05, 3.63) is 52.6 Å². The molecule has 0 amide bonds. The van der Waals surface area contributed by atoms with Crippen molar-refractivity contribution in [1.82, 2.24) is 9.78 Å². The second-order valence-corrected chi connectivity index (χ2v) is 4.50. The lowest BCUT2D eigenvalue weighted by atomic mass is 10.0. The molecule has 102 valence electrons. The molecule has 19 heavy (non-hydrogen) atoms. The Morgan fingerprint density at radius 1 is 1.47 bits per heavy atom. The van der Waals surface area contributed by atoms with Gasteiger partial charge in [-0.15, -0.1) is 0 Å². The lowest BCUT2D eigenvalue weighted by Crippen LogP contribution is -2.20. The predicted octanol–water partition coefficient (Wildman–Crippen LogP) is 2.37. The highest BCUT2D eigenvalue weighted by Gasteiger charge is 2.20. The molecule has 1 atom stereocenters. The highest BCUT2D eigenvalue weighted by Crippen LogP contribution is 2.27. The predicted molar refractivity (Wildman–Crippen MR) is 71.5 cm³/mol. The number of hydrogen-bond donors (Lipinski definition) is 1. The highest BCUT2D eigenvalue weighted by atomic mass is 35.5. The van der Waals surface area contributed by atoms with Gasteiger partial charge in [0.25, 0.3) is 0 Å². The summed E-state index contributed by atoms with van der Waals surface area (Å²) >= 11 is 6.09. The first-order chi connectivity index (χ1) is 9.15. The molecule has 0 saturated carbocycles. The minimum atomic E-state index is -0.659. The fourth-order valence-corrected chi connectivity index (χ4v) is 2.17. The van der Waals surface area contributed by atoms with Crippen molar-refractivity contribution in [3.8, 4) is 0 Å². The molecule has 1 unspecified atom stereocenters. The lowest BCUT2D eigenvalue weighted by Gasteiger charge is -2.16. The Labute approximate surface area is 115 Å². The van der Waals surface area contributed by atoms with Crippen LogP contribution in [0.5, 0.6) is 0 Å². The van der Waals surface area contributed by atoms with Crippen molar-refractivity contribution >= 4 is 11.6 Å². The van der Waals surface area contributed by atoms with E-state index in [0.29, 0.717) is 29.4 Å². The number of benzene rings is 1. The largest absolute Gasteiger partial charge is 0.383 e. The van der Waals surface area contributed by atoms with Crippen LogP contribution in [-0.4, -0.2) is 23.5 Å². The van der Waals surface area contributed by atoms with Crippen LogP contribution in [-0.2, 0) is 11.3 Å². The molecule has 2 aromatic rings. The van der Waals surface area contributed by atoms with Crippen LogP contribution in [0.15, 0.2) is 30.5 Å². The molecule has 0 spiro atoms. The summed E-state index contributed by atoms with van der Waals surface area (Å²) < 4.78 is 20.4. The van der Waals surface area contributed by atoms with Crippen LogP contribution in [0.3, 0.4) is 0 Å². The summed E-state index contributed by atoms with van der Waals surface area (Å²) in [5.41, 5.74) is 7.09. The Morgan fingerprint density at radius 3 is 2.89 bits per heavy atom. The standard InChI is InChI=1S/C13H15ClFN3O/c1-19-7-6-18-13(10(14)8-17-18)12(16)9-4-2-3-5-11(9)15/h2-5,8,12H,6-7,16H2,1H3. The average molecular weight is 284 g/mol. The Bertz CT molecular complexity index is 559. The van der Waals surface area contributed by atoms with Gasteiger partial charge in [-0.25, -0.2) is 4.39 Å². The fraction of sp³-hybridized carbons (Fsp3) is 0.308. The molecular weight excluding hydrogens is 269 g/mol. The second kappa shape index (κ2) is 6.14. The Hall–Kier alpha value is -1.43. The van der Waals surface area contributed by atoms with Gasteiger partial charge in [0.2, 0.25) is 0 Å². The maximum atomic E-state index is 13.8. The van der Waals surface area contributed by atoms with Crippen molar-refractivity contribution in [2.45, 2.75) is 12.6 Å². The molecule has 2 N–H and O–H groups in total. The minimum absolute atomic E-state index is 0.356. The normalized spacial score (nSPS) is 12.6. The molecule has 0 saturated heterocycles. The number of methoxy groups -OCH3 is 1. The smallest absolute Gasteiger partial charge is 0.128 e. The molecule has 1 aromatic carbocycles. The maximum Gasteiger partial charge on any atom is 0.128 e. The summed E-state index contributed by atoms with van der Waals surface area (Å²) in [6.45, 7) is 0.996. The second-order valence-electron chi connectivity index (χ2n) is 4.09. The first-order valence-corrected chi connectivity index (χ1v) is 6.23. The molecular formula is C13H15ClFN3O. The molecule has 0 aliphatic carbocycles.